The number of thioether (sulfide) groups is 1. The Balaban J connectivity index is 1.74. The van der Waals surface area contributed by atoms with Crippen LogP contribution in [0.5, 0.6) is 0 Å². The van der Waals surface area contributed by atoms with E-state index in [-0.39, 0.29) is 5.82 Å². The number of anilines is 1. The van der Waals surface area contributed by atoms with Gasteiger partial charge in [-0.3, -0.25) is 0 Å². The van der Waals surface area contributed by atoms with Crippen LogP contribution in [0.4, 0.5) is 10.1 Å². The molecule has 3 heteroatoms. The summed E-state index contributed by atoms with van der Waals surface area (Å²) in [5.41, 5.74) is 4.62. The summed E-state index contributed by atoms with van der Waals surface area (Å²) in [6.07, 6.45) is 8.47. The van der Waals surface area contributed by atoms with E-state index in [1.54, 1.807) is 23.9 Å². The third kappa shape index (κ3) is 8.79. The smallest absolute Gasteiger partial charge is 0.123 e. The van der Waals surface area contributed by atoms with Crippen molar-refractivity contribution in [3.05, 3.63) is 88.1 Å². The molecular formula is C25H32FNS. The van der Waals surface area contributed by atoms with Gasteiger partial charge in [-0.15, -0.1) is 0 Å². The fraction of sp³-hybridized carbons (Fsp3) is 0.360. The molecule has 0 radical (unpaired) electrons. The van der Waals surface area contributed by atoms with E-state index in [1.165, 1.54) is 49.3 Å². The average Bonchev–Trinajstić information content (AvgIpc) is 2.67. The van der Waals surface area contributed by atoms with Gasteiger partial charge in [0.1, 0.15) is 5.82 Å². The number of nitrogens with one attached hydrogen (secondary N) is 1. The number of hydrogen-bond donors (Lipinski definition) is 1. The lowest BCUT2D eigenvalue weighted by molar-refractivity contribution is 0.626. The first-order valence-corrected chi connectivity index (χ1v) is 11.1. The SMILES string of the molecule is C=C(Nc1ccc(CCCCCCC)cc1)S/C=C(\C)Cc1cccc(F)c1. The number of benzene rings is 2. The molecule has 2 aromatic rings. The first-order chi connectivity index (χ1) is 13.6. The van der Waals surface area contributed by atoms with Crippen molar-refractivity contribution in [2.75, 3.05) is 5.32 Å². The van der Waals surface area contributed by atoms with Gasteiger partial charge in [-0.2, -0.15) is 0 Å². The molecule has 28 heavy (non-hydrogen) atoms. The Bertz CT molecular complexity index is 764. The summed E-state index contributed by atoms with van der Waals surface area (Å²) in [6, 6.07) is 15.4. The Morgan fingerprint density at radius 3 is 2.50 bits per heavy atom. The van der Waals surface area contributed by atoms with Gasteiger partial charge in [-0.05, 0) is 67.0 Å². The minimum atomic E-state index is -0.187. The van der Waals surface area contributed by atoms with Crippen LogP contribution < -0.4 is 5.32 Å². The maximum Gasteiger partial charge on any atom is 0.123 e. The molecule has 0 unspecified atom stereocenters. The van der Waals surface area contributed by atoms with E-state index >= 15 is 0 Å². The van der Waals surface area contributed by atoms with Crippen molar-refractivity contribution in [1.82, 2.24) is 0 Å². The maximum absolute atomic E-state index is 13.3. The second-order valence-electron chi connectivity index (χ2n) is 7.30. The zero-order chi connectivity index (χ0) is 20.2. The fourth-order valence-corrected chi connectivity index (χ4v) is 3.66. The van der Waals surface area contributed by atoms with Crippen LogP contribution in [0.2, 0.25) is 0 Å². The highest BCUT2D eigenvalue weighted by Gasteiger charge is 2.00. The molecule has 0 aliphatic heterocycles. The van der Waals surface area contributed by atoms with Crippen LogP contribution >= 0.6 is 11.8 Å². The van der Waals surface area contributed by atoms with Crippen LogP contribution in [-0.2, 0) is 12.8 Å². The van der Waals surface area contributed by atoms with Crippen molar-refractivity contribution in [2.24, 2.45) is 0 Å². The first kappa shape index (κ1) is 22.3. The van der Waals surface area contributed by atoms with Gasteiger partial charge >= 0.3 is 0 Å². The van der Waals surface area contributed by atoms with Crippen LogP contribution in [0.3, 0.4) is 0 Å². The first-order valence-electron chi connectivity index (χ1n) is 10.2. The molecule has 0 aliphatic carbocycles. The van der Waals surface area contributed by atoms with Gasteiger partial charge < -0.3 is 5.32 Å². The minimum Gasteiger partial charge on any atom is -0.350 e. The normalized spacial score (nSPS) is 11.5. The van der Waals surface area contributed by atoms with Crippen molar-refractivity contribution >= 4 is 17.4 Å². The van der Waals surface area contributed by atoms with Crippen LogP contribution in [0.15, 0.2) is 71.1 Å². The summed E-state index contributed by atoms with van der Waals surface area (Å²) in [5.74, 6) is -0.187. The summed E-state index contributed by atoms with van der Waals surface area (Å²) < 4.78 is 13.3. The zero-order valence-corrected chi connectivity index (χ0v) is 18.0. The van der Waals surface area contributed by atoms with E-state index in [2.05, 4.69) is 55.4 Å². The van der Waals surface area contributed by atoms with Crippen LogP contribution in [-0.4, -0.2) is 0 Å². The van der Waals surface area contributed by atoms with E-state index in [0.717, 1.165) is 29.1 Å². The molecule has 1 nitrogen and oxygen atoms in total. The molecule has 0 spiro atoms. The molecule has 2 aromatic carbocycles. The predicted molar refractivity (Wildman–Crippen MR) is 123 cm³/mol. The quantitative estimate of drug-likeness (QED) is 0.363. The van der Waals surface area contributed by atoms with E-state index in [9.17, 15) is 4.39 Å². The van der Waals surface area contributed by atoms with E-state index in [0.29, 0.717) is 0 Å². The Morgan fingerprint density at radius 1 is 1.04 bits per heavy atom. The molecule has 150 valence electrons. The number of rotatable bonds is 12. The molecule has 2 rings (SSSR count). The van der Waals surface area contributed by atoms with Gasteiger partial charge in [0.15, 0.2) is 0 Å². The minimum absolute atomic E-state index is 0.187. The number of hydrogen-bond acceptors (Lipinski definition) is 2. The molecule has 0 amide bonds. The molecule has 0 fully saturated rings. The monoisotopic (exact) mass is 397 g/mol. The average molecular weight is 398 g/mol. The Hall–Kier alpha value is -2.00. The largest absolute Gasteiger partial charge is 0.350 e. The van der Waals surface area contributed by atoms with Crippen molar-refractivity contribution < 1.29 is 4.39 Å². The van der Waals surface area contributed by atoms with E-state index in [4.69, 9.17) is 0 Å². The van der Waals surface area contributed by atoms with Crippen molar-refractivity contribution in [1.29, 1.82) is 0 Å². The summed E-state index contributed by atoms with van der Waals surface area (Å²) >= 11 is 1.57. The molecule has 0 heterocycles. The Morgan fingerprint density at radius 2 is 1.79 bits per heavy atom. The molecule has 0 atom stereocenters. The highest BCUT2D eigenvalue weighted by atomic mass is 32.2. The van der Waals surface area contributed by atoms with Gasteiger partial charge in [0.25, 0.3) is 0 Å². The van der Waals surface area contributed by atoms with Gasteiger partial charge in [-0.25, -0.2) is 4.39 Å². The van der Waals surface area contributed by atoms with E-state index in [1.807, 2.05) is 6.07 Å². The summed E-state index contributed by atoms with van der Waals surface area (Å²) in [5, 5.41) is 6.30. The fourth-order valence-electron chi connectivity index (χ4n) is 3.06. The van der Waals surface area contributed by atoms with E-state index < -0.39 is 0 Å². The second-order valence-corrected chi connectivity index (χ2v) is 8.26. The second kappa shape index (κ2) is 12.5. The van der Waals surface area contributed by atoms with Crippen molar-refractivity contribution in [2.45, 2.75) is 58.8 Å². The summed E-state index contributed by atoms with van der Waals surface area (Å²) in [7, 11) is 0. The Kier molecular flexibility index (Phi) is 9.92. The van der Waals surface area contributed by atoms with Crippen molar-refractivity contribution in [3.63, 3.8) is 0 Å². The molecule has 0 saturated carbocycles. The highest BCUT2D eigenvalue weighted by molar-refractivity contribution is 8.05. The lowest BCUT2D eigenvalue weighted by Crippen LogP contribution is -1.94. The maximum atomic E-state index is 13.3. The third-order valence-electron chi connectivity index (χ3n) is 4.58. The number of unbranched alkanes of at least 4 members (excludes halogenated alkanes) is 4. The topological polar surface area (TPSA) is 12.0 Å². The number of aryl methyl sites for hydroxylation is 1. The molecule has 0 saturated heterocycles. The lowest BCUT2D eigenvalue weighted by atomic mass is 10.1. The van der Waals surface area contributed by atoms with Crippen LogP contribution in [0.25, 0.3) is 0 Å². The zero-order valence-electron chi connectivity index (χ0n) is 17.1. The molecule has 0 aliphatic rings. The van der Waals surface area contributed by atoms with Crippen molar-refractivity contribution in [3.8, 4) is 0 Å². The number of allylic oxidation sites excluding steroid dienone is 1. The van der Waals surface area contributed by atoms with Gasteiger partial charge in [0, 0.05) is 5.69 Å². The standard InChI is InChI=1S/C25H32FNS/c1-4-5-6-7-8-10-22-13-15-25(16-14-22)27-21(3)28-19-20(2)17-23-11-9-12-24(26)18-23/h9,11-16,18-19,27H,3-8,10,17H2,1-2H3/b20-19+. The van der Waals surface area contributed by atoms with Gasteiger partial charge in [-0.1, -0.05) is 80.8 Å². The summed E-state index contributed by atoms with van der Waals surface area (Å²) in [4.78, 5) is 0. The summed E-state index contributed by atoms with van der Waals surface area (Å²) in [6.45, 7) is 8.40. The number of halogens is 1. The lowest BCUT2D eigenvalue weighted by Gasteiger charge is -2.09. The van der Waals surface area contributed by atoms with Crippen LogP contribution in [0.1, 0.15) is 57.1 Å². The molecular weight excluding hydrogens is 365 g/mol. The van der Waals surface area contributed by atoms with Crippen LogP contribution in [0, 0.1) is 5.82 Å². The molecule has 0 aromatic heterocycles. The van der Waals surface area contributed by atoms with Gasteiger partial charge in [0.2, 0.25) is 0 Å². The van der Waals surface area contributed by atoms with Gasteiger partial charge in [0.05, 0.1) is 5.03 Å². The molecule has 0 bridgehead atoms. The predicted octanol–water partition coefficient (Wildman–Crippen LogP) is 8.10. The Labute approximate surface area is 174 Å². The molecule has 1 N–H and O–H groups in total. The highest BCUT2D eigenvalue weighted by Crippen LogP contribution is 2.22. The third-order valence-corrected chi connectivity index (χ3v) is 5.49.